The summed E-state index contributed by atoms with van der Waals surface area (Å²) in [6, 6.07) is 11.1. The van der Waals surface area contributed by atoms with Crippen molar-refractivity contribution in [3.05, 3.63) is 42.2 Å². The Balaban J connectivity index is 1.31. The number of piperidine rings is 1. The summed E-state index contributed by atoms with van der Waals surface area (Å²) < 4.78 is 1.80. The number of carbonyl (C=O) groups is 1. The zero-order valence-electron chi connectivity index (χ0n) is 21.5. The van der Waals surface area contributed by atoms with Gasteiger partial charge < -0.3 is 15.5 Å². The van der Waals surface area contributed by atoms with Crippen molar-refractivity contribution in [3.63, 3.8) is 0 Å². The van der Waals surface area contributed by atoms with E-state index in [4.69, 9.17) is 4.98 Å². The fraction of sp³-hybridized carbons (Fsp3) is 0.407. The van der Waals surface area contributed by atoms with Crippen LogP contribution in [-0.4, -0.2) is 54.9 Å². The first-order chi connectivity index (χ1) is 18.4. The summed E-state index contributed by atoms with van der Waals surface area (Å²) in [6.07, 6.45) is 7.52. The molecule has 10 nitrogen and oxygen atoms in total. The summed E-state index contributed by atoms with van der Waals surface area (Å²) in [5.41, 5.74) is 4.83. The third-order valence-corrected chi connectivity index (χ3v) is 8.22. The number of amides is 1. The number of hydrogen-bond donors (Lipinski definition) is 2. The standard InChI is InChI=1S/C27H29N9OS/c1-15(2)31-23-11-24(25-7-6-21-8-17(12-28)13-30-36(21)25)29-14-22(23)26-33-34-27(38-26)35-19-4-5-20(35)10-18(9-19)32-16(3)37/h6-8,11,13-15,18-20H,4-5,9-10H2,1-3H3,(H,29,31)(H,32,37)/t18-,19-,20+. The minimum absolute atomic E-state index is 0.0398. The van der Waals surface area contributed by atoms with Crippen molar-refractivity contribution in [1.29, 1.82) is 5.26 Å². The lowest BCUT2D eigenvalue weighted by Gasteiger charge is -2.38. The molecule has 4 aromatic heterocycles. The summed E-state index contributed by atoms with van der Waals surface area (Å²) in [6.45, 7) is 5.79. The lowest BCUT2D eigenvalue weighted by Crippen LogP contribution is -2.50. The van der Waals surface area contributed by atoms with Crippen LogP contribution in [-0.2, 0) is 4.79 Å². The number of hydrogen-bond acceptors (Lipinski definition) is 9. The van der Waals surface area contributed by atoms with Crippen LogP contribution in [0.25, 0.3) is 27.5 Å². The molecule has 4 aromatic rings. The average Bonchev–Trinajstić information content (AvgIpc) is 3.59. The maximum atomic E-state index is 11.6. The van der Waals surface area contributed by atoms with Gasteiger partial charge in [0.1, 0.15) is 6.07 Å². The molecule has 2 saturated heterocycles. The van der Waals surface area contributed by atoms with Crippen LogP contribution in [0, 0.1) is 11.3 Å². The van der Waals surface area contributed by atoms with Gasteiger partial charge in [0, 0.05) is 43.0 Å². The normalized spacial score (nSPS) is 20.6. The molecule has 2 N–H and O–H groups in total. The van der Waals surface area contributed by atoms with Gasteiger partial charge in [-0.05, 0) is 63.8 Å². The fourth-order valence-electron chi connectivity index (χ4n) is 5.77. The first kappa shape index (κ1) is 24.3. The predicted molar refractivity (Wildman–Crippen MR) is 147 cm³/mol. The fourth-order valence-corrected chi connectivity index (χ4v) is 6.79. The van der Waals surface area contributed by atoms with Crippen LogP contribution in [0.15, 0.2) is 36.7 Å². The van der Waals surface area contributed by atoms with Crippen LogP contribution in [0.3, 0.4) is 0 Å². The van der Waals surface area contributed by atoms with Crippen molar-refractivity contribution in [2.24, 2.45) is 0 Å². The molecule has 3 atom stereocenters. The maximum Gasteiger partial charge on any atom is 0.217 e. The quantitative estimate of drug-likeness (QED) is 0.382. The third-order valence-electron chi connectivity index (χ3n) is 7.25. The molecule has 0 radical (unpaired) electrons. The van der Waals surface area contributed by atoms with Gasteiger partial charge in [-0.2, -0.15) is 10.4 Å². The highest BCUT2D eigenvalue weighted by Gasteiger charge is 2.42. The van der Waals surface area contributed by atoms with E-state index >= 15 is 0 Å². The minimum atomic E-state index is 0.0398. The molecule has 1 amide bonds. The second-order valence-electron chi connectivity index (χ2n) is 10.4. The lowest BCUT2D eigenvalue weighted by molar-refractivity contribution is -0.119. The van der Waals surface area contributed by atoms with E-state index in [2.05, 4.69) is 50.7 Å². The van der Waals surface area contributed by atoms with E-state index in [1.54, 1.807) is 29.0 Å². The van der Waals surface area contributed by atoms with Crippen LogP contribution < -0.4 is 15.5 Å². The number of nitrogens with one attached hydrogen (secondary N) is 2. The van der Waals surface area contributed by atoms with Gasteiger partial charge in [-0.3, -0.25) is 9.78 Å². The van der Waals surface area contributed by atoms with Crippen LogP contribution in [0.5, 0.6) is 0 Å². The highest BCUT2D eigenvalue weighted by molar-refractivity contribution is 7.18. The van der Waals surface area contributed by atoms with Crippen LogP contribution in [0.4, 0.5) is 10.8 Å². The lowest BCUT2D eigenvalue weighted by atomic mass is 9.98. The molecule has 0 aliphatic carbocycles. The van der Waals surface area contributed by atoms with Gasteiger partial charge in [0.05, 0.1) is 34.2 Å². The average molecular weight is 528 g/mol. The number of anilines is 2. The van der Waals surface area contributed by atoms with E-state index < -0.39 is 0 Å². The molecule has 2 aliphatic heterocycles. The second kappa shape index (κ2) is 9.68. The van der Waals surface area contributed by atoms with Crippen molar-refractivity contribution in [1.82, 2.24) is 30.1 Å². The summed E-state index contributed by atoms with van der Waals surface area (Å²) in [4.78, 5) is 18.8. The predicted octanol–water partition coefficient (Wildman–Crippen LogP) is 4.24. The number of pyridine rings is 1. The Morgan fingerprint density at radius 1 is 1.16 bits per heavy atom. The van der Waals surface area contributed by atoms with Gasteiger partial charge >= 0.3 is 0 Å². The summed E-state index contributed by atoms with van der Waals surface area (Å²) in [5, 5.41) is 31.2. The molecular weight excluding hydrogens is 498 g/mol. The highest BCUT2D eigenvalue weighted by atomic mass is 32.1. The molecule has 11 heteroatoms. The monoisotopic (exact) mass is 527 g/mol. The van der Waals surface area contributed by atoms with Crippen molar-refractivity contribution in [2.75, 3.05) is 10.2 Å². The molecule has 0 spiro atoms. The Kier molecular flexibility index (Phi) is 6.19. The van der Waals surface area contributed by atoms with Crippen LogP contribution >= 0.6 is 11.3 Å². The molecule has 2 fully saturated rings. The maximum absolute atomic E-state index is 11.6. The van der Waals surface area contributed by atoms with Crippen molar-refractivity contribution in [3.8, 4) is 28.0 Å². The zero-order valence-corrected chi connectivity index (χ0v) is 22.4. The van der Waals surface area contributed by atoms with E-state index in [1.165, 1.54) is 0 Å². The largest absolute Gasteiger partial charge is 0.382 e. The van der Waals surface area contributed by atoms with E-state index in [1.807, 2.05) is 30.5 Å². The first-order valence-electron chi connectivity index (χ1n) is 12.9. The summed E-state index contributed by atoms with van der Waals surface area (Å²) in [7, 11) is 0. The van der Waals surface area contributed by atoms with E-state index in [9.17, 15) is 10.1 Å². The SMILES string of the molecule is CC(=O)N[C@@H]1C[C@H]2CC[C@@H](C1)N2c1nnc(-c2cnc(-c3ccc4cc(C#N)cnn34)cc2NC(C)C)s1. The van der Waals surface area contributed by atoms with E-state index in [-0.39, 0.29) is 18.0 Å². The Bertz CT molecular complexity index is 1540. The Labute approximate surface area is 224 Å². The first-order valence-corrected chi connectivity index (χ1v) is 13.8. The van der Waals surface area contributed by atoms with E-state index in [0.717, 1.165) is 64.0 Å². The Hall–Kier alpha value is -4.04. The number of nitrogens with zero attached hydrogens (tertiary/aromatic N) is 7. The van der Waals surface area contributed by atoms with E-state index in [0.29, 0.717) is 17.6 Å². The topological polar surface area (TPSA) is 124 Å². The van der Waals surface area contributed by atoms with Crippen molar-refractivity contribution in [2.45, 2.75) is 70.6 Å². The zero-order chi connectivity index (χ0) is 26.4. The molecule has 2 bridgehead atoms. The van der Waals surface area contributed by atoms with Gasteiger partial charge in [0.2, 0.25) is 11.0 Å². The molecular formula is C27H29N9OS. The van der Waals surface area contributed by atoms with Crippen LogP contribution in [0.1, 0.15) is 52.0 Å². The number of aromatic nitrogens is 5. The third kappa shape index (κ3) is 4.45. The molecule has 2 aliphatic rings. The molecule has 6 rings (SSSR count). The minimum Gasteiger partial charge on any atom is -0.382 e. The number of carbonyl (C=O) groups excluding carboxylic acids is 1. The highest BCUT2D eigenvalue weighted by Crippen LogP contribution is 2.43. The Morgan fingerprint density at radius 3 is 2.66 bits per heavy atom. The van der Waals surface area contributed by atoms with Gasteiger partial charge in [-0.1, -0.05) is 11.3 Å². The van der Waals surface area contributed by atoms with Crippen LogP contribution in [0.2, 0.25) is 0 Å². The van der Waals surface area contributed by atoms with Crippen molar-refractivity contribution >= 4 is 33.6 Å². The molecule has 6 heterocycles. The summed E-state index contributed by atoms with van der Waals surface area (Å²) >= 11 is 1.59. The molecule has 0 unspecified atom stereocenters. The molecule has 194 valence electrons. The van der Waals surface area contributed by atoms with Gasteiger partial charge in [0.25, 0.3) is 0 Å². The molecule has 0 saturated carbocycles. The number of rotatable bonds is 6. The second-order valence-corrected chi connectivity index (χ2v) is 11.3. The van der Waals surface area contributed by atoms with Gasteiger partial charge in [0.15, 0.2) is 5.01 Å². The van der Waals surface area contributed by atoms with Gasteiger partial charge in [-0.15, -0.1) is 10.2 Å². The molecule has 38 heavy (non-hydrogen) atoms. The van der Waals surface area contributed by atoms with Crippen molar-refractivity contribution < 1.29 is 4.79 Å². The number of nitriles is 1. The smallest absolute Gasteiger partial charge is 0.217 e. The Morgan fingerprint density at radius 2 is 1.95 bits per heavy atom. The molecule has 0 aromatic carbocycles. The van der Waals surface area contributed by atoms with Gasteiger partial charge in [-0.25, -0.2) is 4.52 Å². The summed E-state index contributed by atoms with van der Waals surface area (Å²) in [5.74, 6) is 0.0398. The number of fused-ring (bicyclic) bond motifs is 3.